The zero-order chi connectivity index (χ0) is 27.8. The van der Waals surface area contributed by atoms with Crippen LogP contribution in [0, 0.1) is 5.82 Å². The van der Waals surface area contributed by atoms with Gasteiger partial charge < -0.3 is 15.5 Å². The van der Waals surface area contributed by atoms with E-state index in [-0.39, 0.29) is 36.0 Å². The normalized spacial score (nSPS) is 11.6. The number of aromatic amines is 1. The molecular weight excluding hydrogens is 513 g/mol. The zero-order valence-corrected chi connectivity index (χ0v) is 22.1. The van der Waals surface area contributed by atoms with Gasteiger partial charge in [-0.1, -0.05) is 13.8 Å². The van der Waals surface area contributed by atoms with E-state index in [1.807, 2.05) is 6.92 Å². The van der Waals surface area contributed by atoms with Crippen molar-refractivity contribution in [2.24, 2.45) is 0 Å². The minimum absolute atomic E-state index is 0.0324. The molecule has 4 rings (SSSR count). The smallest absolute Gasteiger partial charge is 0.232 e. The number of nitrogens with zero attached hydrogens (tertiary/aromatic N) is 3. The monoisotopic (exact) mass is 541 g/mol. The fourth-order valence-electron chi connectivity index (χ4n) is 4.19. The number of pyridine rings is 1. The van der Waals surface area contributed by atoms with Crippen LogP contribution in [0.25, 0.3) is 22.2 Å². The highest BCUT2D eigenvalue weighted by Gasteiger charge is 2.22. The van der Waals surface area contributed by atoms with Gasteiger partial charge in [0.05, 0.1) is 28.5 Å². The van der Waals surface area contributed by atoms with E-state index in [4.69, 9.17) is 4.98 Å². The number of aryl methyl sites for hydroxylation is 1. The third-order valence-corrected chi connectivity index (χ3v) is 7.50. The first-order valence-electron chi connectivity index (χ1n) is 11.9. The number of aromatic hydroxyl groups is 2. The lowest BCUT2D eigenvalue weighted by Gasteiger charge is -2.21. The summed E-state index contributed by atoms with van der Waals surface area (Å²) in [5.74, 6) is -1.28. The van der Waals surface area contributed by atoms with Gasteiger partial charge in [-0.25, -0.2) is 17.8 Å². The summed E-state index contributed by atoms with van der Waals surface area (Å²) < 4.78 is 39.8. The maximum absolute atomic E-state index is 14.3. The molecule has 0 aliphatic heterocycles. The van der Waals surface area contributed by atoms with Crippen molar-refractivity contribution < 1.29 is 27.8 Å². The van der Waals surface area contributed by atoms with Crippen LogP contribution in [0.1, 0.15) is 41.9 Å². The lowest BCUT2D eigenvalue weighted by atomic mass is 10.00. The number of ketones is 1. The second-order valence-corrected chi connectivity index (χ2v) is 10.9. The predicted molar refractivity (Wildman–Crippen MR) is 144 cm³/mol. The number of nitrogens with one attached hydrogen (secondary N) is 2. The fraction of sp³-hybridized carbons (Fsp3) is 0.269. The van der Waals surface area contributed by atoms with Gasteiger partial charge in [0.25, 0.3) is 0 Å². The van der Waals surface area contributed by atoms with Crippen molar-refractivity contribution in [3.63, 3.8) is 0 Å². The molecule has 0 saturated heterocycles. The summed E-state index contributed by atoms with van der Waals surface area (Å²) >= 11 is 0. The van der Waals surface area contributed by atoms with Gasteiger partial charge in [0, 0.05) is 25.6 Å². The predicted octanol–water partition coefficient (Wildman–Crippen LogP) is 4.34. The first-order chi connectivity index (χ1) is 17.9. The fourth-order valence-corrected chi connectivity index (χ4v) is 4.73. The van der Waals surface area contributed by atoms with Gasteiger partial charge in [-0.2, -0.15) is 5.10 Å². The molecule has 38 heavy (non-hydrogen) atoms. The molecule has 2 heterocycles. The van der Waals surface area contributed by atoms with Gasteiger partial charge in [0.1, 0.15) is 17.3 Å². The van der Waals surface area contributed by atoms with E-state index in [0.717, 1.165) is 10.6 Å². The van der Waals surface area contributed by atoms with Crippen LogP contribution in [0.2, 0.25) is 0 Å². The number of Topliss-reactive ketones (excluding diaryl/α,β-unsaturated/α-hetero) is 1. The number of H-pyrrole nitrogens is 1. The van der Waals surface area contributed by atoms with Crippen molar-refractivity contribution in [3.05, 3.63) is 59.0 Å². The Balaban J connectivity index is 1.87. The average Bonchev–Trinajstić information content (AvgIpc) is 3.31. The van der Waals surface area contributed by atoms with Gasteiger partial charge in [-0.3, -0.25) is 14.2 Å². The van der Waals surface area contributed by atoms with Crippen LogP contribution >= 0.6 is 0 Å². The van der Waals surface area contributed by atoms with Crippen LogP contribution in [0.5, 0.6) is 11.5 Å². The van der Waals surface area contributed by atoms with Crippen LogP contribution in [0.4, 0.5) is 15.9 Å². The molecule has 0 spiro atoms. The van der Waals surface area contributed by atoms with Gasteiger partial charge in [0.15, 0.2) is 17.3 Å². The molecule has 4 N–H and O–H groups in total. The molecule has 2 aromatic heterocycles. The molecule has 4 aromatic rings. The van der Waals surface area contributed by atoms with Crippen LogP contribution < -0.4 is 9.62 Å². The Morgan fingerprint density at radius 2 is 1.87 bits per heavy atom. The van der Waals surface area contributed by atoms with E-state index in [1.54, 1.807) is 13.0 Å². The first kappa shape index (κ1) is 26.9. The first-order valence-corrected chi connectivity index (χ1v) is 13.7. The highest BCUT2D eigenvalue weighted by Crippen LogP contribution is 2.35. The number of benzene rings is 2. The van der Waals surface area contributed by atoms with Crippen molar-refractivity contribution in [1.82, 2.24) is 15.2 Å². The van der Waals surface area contributed by atoms with Gasteiger partial charge in [-0.05, 0) is 53.9 Å². The summed E-state index contributed by atoms with van der Waals surface area (Å²) in [6.07, 6.45) is 1.78. The molecule has 10 nitrogen and oxygen atoms in total. The summed E-state index contributed by atoms with van der Waals surface area (Å²) in [4.78, 5) is 17.3. The van der Waals surface area contributed by atoms with E-state index in [2.05, 4.69) is 15.5 Å². The molecule has 0 atom stereocenters. The Kier molecular flexibility index (Phi) is 7.27. The summed E-state index contributed by atoms with van der Waals surface area (Å²) in [6.45, 7) is 3.61. The zero-order valence-electron chi connectivity index (χ0n) is 21.3. The number of hydrogen-bond acceptors (Lipinski definition) is 8. The van der Waals surface area contributed by atoms with Crippen LogP contribution in [0.3, 0.4) is 0 Å². The van der Waals surface area contributed by atoms with Gasteiger partial charge in [-0.15, -0.1) is 0 Å². The number of anilines is 2. The number of phenols is 2. The maximum atomic E-state index is 14.3. The van der Waals surface area contributed by atoms with E-state index in [0.29, 0.717) is 45.4 Å². The highest BCUT2D eigenvalue weighted by atomic mass is 32.2. The van der Waals surface area contributed by atoms with E-state index in [1.165, 1.54) is 37.4 Å². The van der Waals surface area contributed by atoms with Crippen molar-refractivity contribution in [2.75, 3.05) is 22.9 Å². The standard InChI is InChI=1S/C26H28FN5O5S/c1-5-14-10-23(35)18(27)11-17(14)19-12-20-24(25(31-30-20)22(34)6-2)26(29-19)28-13-15-9-16(33)7-8-21(15)32(3)38(4,36)37/h7-12,33,35H,5-6,13H2,1-4H3,(H,28,29)(H,30,31). The second kappa shape index (κ2) is 10.3. The maximum Gasteiger partial charge on any atom is 0.232 e. The molecule has 0 aliphatic rings. The number of aromatic nitrogens is 3. The molecule has 0 saturated carbocycles. The number of phenolic OH excluding ortho intramolecular Hbond substituents is 2. The van der Waals surface area contributed by atoms with Crippen molar-refractivity contribution in [1.29, 1.82) is 0 Å². The Morgan fingerprint density at radius 1 is 1.13 bits per heavy atom. The van der Waals surface area contributed by atoms with Gasteiger partial charge >= 0.3 is 0 Å². The van der Waals surface area contributed by atoms with Crippen LogP contribution in [0.15, 0.2) is 36.4 Å². The second-order valence-electron chi connectivity index (χ2n) is 8.84. The SMILES string of the molecule is CCC(=O)c1n[nH]c2cc(-c3cc(F)c(O)cc3CC)nc(NCc3cc(O)ccc3N(C)S(C)(=O)=O)c12. The topological polar surface area (TPSA) is 149 Å². The number of carbonyl (C=O) groups is 1. The lowest BCUT2D eigenvalue weighted by molar-refractivity contribution is 0.0985. The number of halogens is 1. The van der Waals surface area contributed by atoms with E-state index < -0.39 is 21.6 Å². The minimum atomic E-state index is -3.59. The Labute approximate surface area is 219 Å². The average molecular weight is 542 g/mol. The highest BCUT2D eigenvalue weighted by molar-refractivity contribution is 7.92. The molecule has 2 aromatic carbocycles. The number of hydrogen-bond donors (Lipinski definition) is 4. The molecular formula is C26H28FN5O5S. The van der Waals surface area contributed by atoms with Crippen molar-refractivity contribution >= 4 is 38.2 Å². The van der Waals surface area contributed by atoms with Crippen LogP contribution in [-0.4, -0.2) is 52.9 Å². The Bertz CT molecular complexity index is 1650. The Hall–Kier alpha value is -4.19. The van der Waals surface area contributed by atoms with E-state index >= 15 is 0 Å². The summed E-state index contributed by atoms with van der Waals surface area (Å²) in [5.41, 5.74) is 2.96. The van der Waals surface area contributed by atoms with E-state index in [9.17, 15) is 27.8 Å². The van der Waals surface area contributed by atoms with Crippen molar-refractivity contribution in [3.8, 4) is 22.8 Å². The molecule has 0 bridgehead atoms. The number of sulfonamides is 1. The number of rotatable bonds is 9. The molecule has 0 fully saturated rings. The third kappa shape index (κ3) is 5.12. The summed E-state index contributed by atoms with van der Waals surface area (Å²) in [5, 5.41) is 30.6. The minimum Gasteiger partial charge on any atom is -0.508 e. The Morgan fingerprint density at radius 3 is 2.53 bits per heavy atom. The molecule has 0 radical (unpaired) electrons. The number of carbonyl (C=O) groups excluding carboxylic acids is 1. The molecule has 12 heteroatoms. The van der Waals surface area contributed by atoms with Gasteiger partial charge in [0.2, 0.25) is 10.0 Å². The van der Waals surface area contributed by atoms with Crippen LogP contribution in [-0.2, 0) is 23.0 Å². The van der Waals surface area contributed by atoms with Crippen molar-refractivity contribution in [2.45, 2.75) is 33.2 Å². The largest absolute Gasteiger partial charge is 0.508 e. The molecule has 0 aliphatic carbocycles. The lowest BCUT2D eigenvalue weighted by Crippen LogP contribution is -2.26. The quantitative estimate of drug-likeness (QED) is 0.229. The molecule has 0 unspecified atom stereocenters. The summed E-state index contributed by atoms with van der Waals surface area (Å²) in [6, 6.07) is 8.52. The molecule has 0 amide bonds. The third-order valence-electron chi connectivity index (χ3n) is 6.31. The summed E-state index contributed by atoms with van der Waals surface area (Å²) in [7, 11) is -2.18. The number of fused-ring (bicyclic) bond motifs is 1. The molecule has 200 valence electrons.